The van der Waals surface area contributed by atoms with Crippen LogP contribution in [0, 0.1) is 0 Å². The molecular formula is C11H10N4O2. The number of aromatic amines is 1. The first-order valence-corrected chi connectivity index (χ1v) is 4.87. The molecule has 17 heavy (non-hydrogen) atoms. The predicted molar refractivity (Wildman–Crippen MR) is 63.7 cm³/mol. The van der Waals surface area contributed by atoms with Crippen LogP contribution in [0.15, 0.2) is 41.3 Å². The molecule has 2 aromatic heterocycles. The normalized spacial score (nSPS) is 9.88. The Morgan fingerprint density at radius 1 is 1.29 bits per heavy atom. The van der Waals surface area contributed by atoms with Crippen molar-refractivity contribution in [1.82, 2.24) is 9.97 Å². The number of carbonyl (C=O) groups is 1. The zero-order chi connectivity index (χ0) is 12.3. The summed E-state index contributed by atoms with van der Waals surface area (Å²) in [4.78, 5) is 29.1. The van der Waals surface area contributed by atoms with Gasteiger partial charge >= 0.3 is 0 Å². The number of nitrogens with one attached hydrogen (secondary N) is 2. The molecule has 6 nitrogen and oxygen atoms in total. The Morgan fingerprint density at radius 3 is 2.76 bits per heavy atom. The molecule has 0 radical (unpaired) electrons. The zero-order valence-electron chi connectivity index (χ0n) is 8.81. The third-order valence-electron chi connectivity index (χ3n) is 2.04. The number of rotatable bonds is 2. The van der Waals surface area contributed by atoms with Crippen LogP contribution in [0.4, 0.5) is 11.5 Å². The van der Waals surface area contributed by atoms with E-state index in [-0.39, 0.29) is 11.3 Å². The van der Waals surface area contributed by atoms with Crippen molar-refractivity contribution in [3.63, 3.8) is 0 Å². The van der Waals surface area contributed by atoms with E-state index in [0.717, 1.165) is 0 Å². The summed E-state index contributed by atoms with van der Waals surface area (Å²) in [5, 5.41) is 2.54. The fourth-order valence-electron chi connectivity index (χ4n) is 1.24. The van der Waals surface area contributed by atoms with Crippen LogP contribution in [-0.4, -0.2) is 15.9 Å². The average molecular weight is 230 g/mol. The largest absolute Gasteiger partial charge is 0.397 e. The van der Waals surface area contributed by atoms with Gasteiger partial charge in [0, 0.05) is 6.07 Å². The third-order valence-corrected chi connectivity index (χ3v) is 2.04. The zero-order valence-corrected chi connectivity index (χ0v) is 8.81. The number of anilines is 2. The number of H-pyrrole nitrogens is 1. The van der Waals surface area contributed by atoms with Crippen molar-refractivity contribution in [2.75, 3.05) is 11.1 Å². The van der Waals surface area contributed by atoms with Gasteiger partial charge in [-0.2, -0.15) is 0 Å². The van der Waals surface area contributed by atoms with Gasteiger partial charge in [-0.1, -0.05) is 6.07 Å². The van der Waals surface area contributed by atoms with E-state index >= 15 is 0 Å². The Morgan fingerprint density at radius 2 is 2.12 bits per heavy atom. The molecule has 0 aliphatic carbocycles. The number of nitrogen functional groups attached to an aromatic ring is 1. The van der Waals surface area contributed by atoms with E-state index in [4.69, 9.17) is 5.73 Å². The molecule has 4 N–H and O–H groups in total. The summed E-state index contributed by atoms with van der Waals surface area (Å²) >= 11 is 0. The van der Waals surface area contributed by atoms with Crippen LogP contribution in [0.3, 0.4) is 0 Å². The Kier molecular flexibility index (Phi) is 2.87. The average Bonchev–Trinajstić information content (AvgIpc) is 2.32. The highest BCUT2D eigenvalue weighted by molar-refractivity contribution is 6.02. The Balaban J connectivity index is 2.17. The Bertz CT molecular complexity index is 589. The molecule has 0 fully saturated rings. The van der Waals surface area contributed by atoms with Gasteiger partial charge in [0.05, 0.1) is 11.9 Å². The van der Waals surface area contributed by atoms with Crippen LogP contribution < -0.4 is 16.6 Å². The highest BCUT2D eigenvalue weighted by atomic mass is 16.2. The van der Waals surface area contributed by atoms with Gasteiger partial charge in [0.2, 0.25) is 5.56 Å². The van der Waals surface area contributed by atoms with E-state index < -0.39 is 5.91 Å². The number of pyridine rings is 2. The Labute approximate surface area is 96.5 Å². The van der Waals surface area contributed by atoms with Crippen LogP contribution in [-0.2, 0) is 0 Å². The SMILES string of the molecule is Nc1ccc(NC(=O)c2cccc(=O)[nH]2)nc1. The van der Waals surface area contributed by atoms with Gasteiger partial charge in [-0.15, -0.1) is 0 Å². The molecule has 6 heteroatoms. The van der Waals surface area contributed by atoms with Crippen molar-refractivity contribution < 1.29 is 4.79 Å². The van der Waals surface area contributed by atoms with Gasteiger partial charge in [-0.05, 0) is 18.2 Å². The van der Waals surface area contributed by atoms with E-state index in [1.807, 2.05) is 0 Å². The lowest BCUT2D eigenvalue weighted by Crippen LogP contribution is -2.18. The lowest BCUT2D eigenvalue weighted by molar-refractivity contribution is 0.102. The molecular weight excluding hydrogens is 220 g/mol. The van der Waals surface area contributed by atoms with Gasteiger partial charge in [-0.25, -0.2) is 4.98 Å². The number of nitrogens with two attached hydrogens (primary N) is 1. The number of hydrogen-bond acceptors (Lipinski definition) is 4. The van der Waals surface area contributed by atoms with Crippen LogP contribution in [0.1, 0.15) is 10.5 Å². The maximum Gasteiger partial charge on any atom is 0.273 e. The molecule has 0 aliphatic rings. The number of nitrogens with zero attached hydrogens (tertiary/aromatic N) is 1. The van der Waals surface area contributed by atoms with Crippen molar-refractivity contribution >= 4 is 17.4 Å². The summed E-state index contributed by atoms with van der Waals surface area (Å²) in [7, 11) is 0. The smallest absolute Gasteiger partial charge is 0.273 e. The van der Waals surface area contributed by atoms with Crippen molar-refractivity contribution in [2.45, 2.75) is 0 Å². The summed E-state index contributed by atoms with van der Waals surface area (Å²) < 4.78 is 0. The van der Waals surface area contributed by atoms with Crippen molar-refractivity contribution in [3.8, 4) is 0 Å². The maximum absolute atomic E-state index is 11.7. The number of aromatic nitrogens is 2. The van der Waals surface area contributed by atoms with Gasteiger partial charge in [-0.3, -0.25) is 9.59 Å². The summed E-state index contributed by atoms with van der Waals surface area (Å²) in [6.07, 6.45) is 1.43. The highest BCUT2D eigenvalue weighted by Gasteiger charge is 2.06. The number of carbonyl (C=O) groups excluding carboxylic acids is 1. The van der Waals surface area contributed by atoms with Crippen molar-refractivity contribution in [3.05, 3.63) is 52.6 Å². The lowest BCUT2D eigenvalue weighted by atomic mass is 10.3. The maximum atomic E-state index is 11.7. The highest BCUT2D eigenvalue weighted by Crippen LogP contribution is 2.06. The monoisotopic (exact) mass is 230 g/mol. The van der Waals surface area contributed by atoms with Crippen LogP contribution in [0.2, 0.25) is 0 Å². The fourth-order valence-corrected chi connectivity index (χ4v) is 1.24. The van der Waals surface area contributed by atoms with E-state index in [2.05, 4.69) is 15.3 Å². The topological polar surface area (TPSA) is 101 Å². The first kappa shape index (κ1) is 10.9. The molecule has 0 aliphatic heterocycles. The van der Waals surface area contributed by atoms with Crippen LogP contribution in [0.25, 0.3) is 0 Å². The molecule has 0 saturated heterocycles. The molecule has 0 aromatic carbocycles. The molecule has 0 unspecified atom stereocenters. The molecule has 0 bridgehead atoms. The summed E-state index contributed by atoms with van der Waals surface area (Å²) in [6.45, 7) is 0. The molecule has 2 heterocycles. The second-order valence-corrected chi connectivity index (χ2v) is 3.36. The minimum Gasteiger partial charge on any atom is -0.397 e. The van der Waals surface area contributed by atoms with E-state index in [1.165, 1.54) is 24.4 Å². The van der Waals surface area contributed by atoms with E-state index in [9.17, 15) is 9.59 Å². The summed E-state index contributed by atoms with van der Waals surface area (Å²) in [5.41, 5.74) is 5.82. The van der Waals surface area contributed by atoms with Crippen LogP contribution in [0.5, 0.6) is 0 Å². The molecule has 2 rings (SSSR count). The fraction of sp³-hybridized carbons (Fsp3) is 0. The second kappa shape index (κ2) is 4.48. The summed E-state index contributed by atoms with van der Waals surface area (Å²) in [6, 6.07) is 7.54. The molecule has 1 amide bonds. The quantitative estimate of drug-likeness (QED) is 0.703. The first-order chi connectivity index (χ1) is 8.15. The van der Waals surface area contributed by atoms with Crippen molar-refractivity contribution in [1.29, 1.82) is 0 Å². The number of amides is 1. The predicted octanol–water partition coefficient (Wildman–Crippen LogP) is 0.604. The van der Waals surface area contributed by atoms with Crippen LogP contribution >= 0.6 is 0 Å². The van der Waals surface area contributed by atoms with Gasteiger partial charge < -0.3 is 16.0 Å². The van der Waals surface area contributed by atoms with Gasteiger partial charge in [0.15, 0.2) is 0 Å². The minimum absolute atomic E-state index is 0.177. The van der Waals surface area contributed by atoms with E-state index in [0.29, 0.717) is 11.5 Å². The number of hydrogen-bond donors (Lipinski definition) is 3. The van der Waals surface area contributed by atoms with Crippen molar-refractivity contribution in [2.24, 2.45) is 0 Å². The van der Waals surface area contributed by atoms with Gasteiger partial charge in [0.25, 0.3) is 5.91 Å². The molecule has 0 atom stereocenters. The lowest BCUT2D eigenvalue weighted by Gasteiger charge is -2.03. The molecule has 86 valence electrons. The summed E-state index contributed by atoms with van der Waals surface area (Å²) in [5.74, 6) is -0.0612. The minimum atomic E-state index is -0.431. The standard InChI is InChI=1S/C11H10N4O2/c12-7-4-5-9(13-6-7)15-11(17)8-2-1-3-10(16)14-8/h1-6H,12H2,(H,14,16)(H,13,15,17). The second-order valence-electron chi connectivity index (χ2n) is 3.36. The molecule has 0 saturated carbocycles. The Hall–Kier alpha value is -2.63. The van der Waals surface area contributed by atoms with Gasteiger partial charge in [0.1, 0.15) is 11.5 Å². The van der Waals surface area contributed by atoms with E-state index in [1.54, 1.807) is 12.1 Å². The molecule has 0 spiro atoms. The third kappa shape index (κ3) is 2.69. The molecule has 2 aromatic rings. The first-order valence-electron chi connectivity index (χ1n) is 4.87.